The van der Waals surface area contributed by atoms with Gasteiger partial charge in [-0.25, -0.2) is 4.39 Å². The number of hydrogen-bond donors (Lipinski definition) is 0. The van der Waals surface area contributed by atoms with Gasteiger partial charge in [0.25, 0.3) is 0 Å². The Kier molecular flexibility index (Phi) is 3.55. The van der Waals surface area contributed by atoms with E-state index in [0.29, 0.717) is 10.0 Å². The van der Waals surface area contributed by atoms with Crippen molar-refractivity contribution in [2.75, 3.05) is 7.11 Å². The first-order valence-electron chi connectivity index (χ1n) is 4.91. The summed E-state index contributed by atoms with van der Waals surface area (Å²) in [5.74, 6) is -0.213. The molecule has 2 aromatic rings. The van der Waals surface area contributed by atoms with Crippen LogP contribution in [0.25, 0.3) is 11.1 Å². The summed E-state index contributed by atoms with van der Waals surface area (Å²) in [6.07, 6.45) is 0. The van der Waals surface area contributed by atoms with Crippen LogP contribution in [0.3, 0.4) is 0 Å². The Balaban J connectivity index is 2.53. The minimum absolute atomic E-state index is 0.188. The number of halogens is 3. The molecule has 0 aliphatic rings. The first kappa shape index (κ1) is 12.2. The van der Waals surface area contributed by atoms with Crippen molar-refractivity contribution in [1.29, 1.82) is 0 Å². The molecule has 0 amide bonds. The van der Waals surface area contributed by atoms with E-state index >= 15 is 0 Å². The lowest BCUT2D eigenvalue weighted by atomic mass is 10.1. The first-order valence-corrected chi connectivity index (χ1v) is 5.66. The van der Waals surface area contributed by atoms with Crippen LogP contribution in [-0.4, -0.2) is 7.11 Å². The molecule has 0 atom stereocenters. The number of hydrogen-bond acceptors (Lipinski definition) is 1. The minimum atomic E-state index is -0.402. The molecule has 0 spiro atoms. The highest BCUT2D eigenvalue weighted by atomic mass is 35.5. The van der Waals surface area contributed by atoms with Crippen molar-refractivity contribution in [3.05, 3.63) is 52.3 Å². The van der Waals surface area contributed by atoms with Gasteiger partial charge in [0, 0.05) is 15.6 Å². The fraction of sp³-hybridized carbons (Fsp3) is 0.0769. The topological polar surface area (TPSA) is 9.23 Å². The van der Waals surface area contributed by atoms with Gasteiger partial charge in [0.05, 0.1) is 7.11 Å². The maximum atomic E-state index is 13.3. The predicted octanol–water partition coefficient (Wildman–Crippen LogP) is 4.81. The lowest BCUT2D eigenvalue weighted by molar-refractivity contribution is 0.387. The van der Waals surface area contributed by atoms with E-state index in [4.69, 9.17) is 27.9 Å². The van der Waals surface area contributed by atoms with Crippen LogP contribution in [0.2, 0.25) is 10.0 Å². The van der Waals surface area contributed by atoms with Gasteiger partial charge in [-0.05, 0) is 29.8 Å². The van der Waals surface area contributed by atoms with E-state index in [2.05, 4.69) is 0 Å². The molecule has 0 radical (unpaired) electrons. The summed E-state index contributed by atoms with van der Waals surface area (Å²) >= 11 is 11.9. The lowest BCUT2D eigenvalue weighted by Crippen LogP contribution is -1.89. The van der Waals surface area contributed by atoms with Crippen molar-refractivity contribution in [3.63, 3.8) is 0 Å². The quantitative estimate of drug-likeness (QED) is 0.761. The molecule has 0 N–H and O–H groups in total. The summed E-state index contributed by atoms with van der Waals surface area (Å²) in [5.41, 5.74) is 1.57. The van der Waals surface area contributed by atoms with Gasteiger partial charge in [-0.2, -0.15) is 0 Å². The van der Waals surface area contributed by atoms with Crippen molar-refractivity contribution in [1.82, 2.24) is 0 Å². The van der Waals surface area contributed by atoms with Gasteiger partial charge in [0.2, 0.25) is 0 Å². The molecule has 0 fully saturated rings. The summed E-state index contributed by atoms with van der Waals surface area (Å²) in [5, 5.41) is 1.08. The van der Waals surface area contributed by atoms with Crippen molar-refractivity contribution < 1.29 is 9.13 Å². The van der Waals surface area contributed by atoms with E-state index in [1.54, 1.807) is 30.3 Å². The molecule has 4 heteroatoms. The zero-order valence-corrected chi connectivity index (χ0v) is 10.5. The van der Waals surface area contributed by atoms with Crippen LogP contribution in [0.15, 0.2) is 36.4 Å². The predicted molar refractivity (Wildman–Crippen MR) is 68.4 cm³/mol. The van der Waals surface area contributed by atoms with Crippen molar-refractivity contribution in [2.45, 2.75) is 0 Å². The lowest BCUT2D eigenvalue weighted by Gasteiger charge is -2.08. The van der Waals surface area contributed by atoms with E-state index < -0.39 is 5.82 Å². The third-order valence-electron chi connectivity index (χ3n) is 2.39. The average molecular weight is 271 g/mol. The summed E-state index contributed by atoms with van der Waals surface area (Å²) in [6, 6.07) is 9.76. The van der Waals surface area contributed by atoms with Crippen LogP contribution in [0.1, 0.15) is 0 Å². The number of rotatable bonds is 2. The summed E-state index contributed by atoms with van der Waals surface area (Å²) in [7, 11) is 1.42. The normalized spacial score (nSPS) is 10.4. The van der Waals surface area contributed by atoms with E-state index in [9.17, 15) is 4.39 Å². The second-order valence-corrected chi connectivity index (χ2v) is 4.32. The monoisotopic (exact) mass is 270 g/mol. The second kappa shape index (κ2) is 4.94. The van der Waals surface area contributed by atoms with Crippen molar-refractivity contribution in [3.8, 4) is 16.9 Å². The zero-order chi connectivity index (χ0) is 12.4. The molecule has 2 rings (SSSR count). The molecular weight excluding hydrogens is 262 g/mol. The van der Waals surface area contributed by atoms with Crippen molar-refractivity contribution >= 4 is 23.2 Å². The molecule has 88 valence electrons. The largest absolute Gasteiger partial charge is 0.494 e. The van der Waals surface area contributed by atoms with Crippen LogP contribution in [0, 0.1) is 5.82 Å². The highest BCUT2D eigenvalue weighted by Crippen LogP contribution is 2.32. The Morgan fingerprint density at radius 2 is 1.82 bits per heavy atom. The number of methoxy groups -OCH3 is 1. The fourth-order valence-electron chi connectivity index (χ4n) is 1.55. The van der Waals surface area contributed by atoms with Crippen LogP contribution >= 0.6 is 23.2 Å². The van der Waals surface area contributed by atoms with Crippen LogP contribution < -0.4 is 4.74 Å². The fourth-order valence-corrected chi connectivity index (χ4v) is 2.07. The smallest absolute Gasteiger partial charge is 0.165 e. The molecule has 0 saturated heterocycles. The van der Waals surface area contributed by atoms with Gasteiger partial charge in [-0.15, -0.1) is 0 Å². The maximum Gasteiger partial charge on any atom is 0.165 e. The van der Waals surface area contributed by atoms with Crippen molar-refractivity contribution in [2.24, 2.45) is 0 Å². The third-order valence-corrected chi connectivity index (χ3v) is 2.94. The van der Waals surface area contributed by atoms with Gasteiger partial charge in [0.1, 0.15) is 0 Å². The molecule has 0 bridgehead atoms. The van der Waals surface area contributed by atoms with Crippen LogP contribution in [-0.2, 0) is 0 Å². The van der Waals surface area contributed by atoms with E-state index in [-0.39, 0.29) is 5.75 Å². The zero-order valence-electron chi connectivity index (χ0n) is 9.01. The molecule has 0 unspecified atom stereocenters. The molecule has 1 nitrogen and oxygen atoms in total. The second-order valence-electron chi connectivity index (χ2n) is 3.47. The van der Waals surface area contributed by atoms with Gasteiger partial charge in [-0.1, -0.05) is 35.3 Å². The Bertz CT molecular complexity index is 555. The third kappa shape index (κ3) is 2.54. The first-order chi connectivity index (χ1) is 8.11. The van der Waals surface area contributed by atoms with Gasteiger partial charge < -0.3 is 4.74 Å². The van der Waals surface area contributed by atoms with E-state index in [1.165, 1.54) is 13.2 Å². The SMILES string of the molecule is COc1cc(-c2ccc(Cl)cc2Cl)ccc1F. The van der Waals surface area contributed by atoms with E-state index in [0.717, 1.165) is 11.1 Å². The summed E-state index contributed by atoms with van der Waals surface area (Å²) < 4.78 is 18.2. The summed E-state index contributed by atoms with van der Waals surface area (Å²) in [6.45, 7) is 0. The average Bonchev–Trinajstić information content (AvgIpc) is 2.30. The van der Waals surface area contributed by atoms with Crippen LogP contribution in [0.5, 0.6) is 5.75 Å². The van der Waals surface area contributed by atoms with E-state index in [1.807, 2.05) is 0 Å². The van der Waals surface area contributed by atoms with Gasteiger partial charge in [0.15, 0.2) is 11.6 Å². The van der Waals surface area contributed by atoms with Gasteiger partial charge >= 0.3 is 0 Å². The Hall–Kier alpha value is -1.25. The molecule has 0 saturated carbocycles. The molecule has 0 aromatic heterocycles. The Morgan fingerprint density at radius 3 is 2.47 bits per heavy atom. The molecule has 0 aliphatic heterocycles. The molecular formula is C13H9Cl2FO. The maximum absolute atomic E-state index is 13.3. The standard InChI is InChI=1S/C13H9Cl2FO/c1-17-13-6-8(2-5-12(13)16)10-4-3-9(14)7-11(10)15/h2-7H,1H3. The molecule has 0 aliphatic carbocycles. The van der Waals surface area contributed by atoms with Crippen LogP contribution in [0.4, 0.5) is 4.39 Å². The minimum Gasteiger partial charge on any atom is -0.494 e. The van der Waals surface area contributed by atoms with Gasteiger partial charge in [-0.3, -0.25) is 0 Å². The number of benzene rings is 2. The Labute approximate surface area is 109 Å². The molecule has 2 aromatic carbocycles. The Morgan fingerprint density at radius 1 is 1.06 bits per heavy atom. The molecule has 17 heavy (non-hydrogen) atoms. The highest BCUT2D eigenvalue weighted by Gasteiger charge is 2.08. The highest BCUT2D eigenvalue weighted by molar-refractivity contribution is 6.36. The molecule has 0 heterocycles. The summed E-state index contributed by atoms with van der Waals surface area (Å²) in [4.78, 5) is 0. The number of ether oxygens (including phenoxy) is 1.